The van der Waals surface area contributed by atoms with E-state index >= 15 is 0 Å². The van der Waals surface area contributed by atoms with Crippen molar-refractivity contribution >= 4 is 16.7 Å². The topological polar surface area (TPSA) is 64.6 Å². The van der Waals surface area contributed by atoms with Crippen molar-refractivity contribution in [2.45, 2.75) is 32.4 Å². The van der Waals surface area contributed by atoms with Gasteiger partial charge < -0.3 is 14.8 Å². The van der Waals surface area contributed by atoms with Crippen LogP contribution in [0.25, 0.3) is 0 Å². The summed E-state index contributed by atoms with van der Waals surface area (Å²) in [7, 11) is 0.342. The number of ether oxygens (including phenoxy) is 2. The maximum atomic E-state index is 12.4. The monoisotopic (exact) mass is 403 g/mol. The van der Waals surface area contributed by atoms with E-state index in [1.54, 1.807) is 14.0 Å². The van der Waals surface area contributed by atoms with Gasteiger partial charge in [-0.2, -0.15) is 0 Å². The highest BCUT2D eigenvalue weighted by molar-refractivity contribution is 7.86. The van der Waals surface area contributed by atoms with Gasteiger partial charge in [-0.1, -0.05) is 24.3 Å². The van der Waals surface area contributed by atoms with Gasteiger partial charge in [-0.05, 0) is 62.1 Å². The van der Waals surface area contributed by atoms with Crippen LogP contribution >= 0.6 is 0 Å². The average Bonchev–Trinajstić information content (AvgIpc) is 2.70. The summed E-state index contributed by atoms with van der Waals surface area (Å²) in [4.78, 5) is 12.2. The number of hydrogen-bond donors (Lipinski definition) is 1. The zero-order valence-electron chi connectivity index (χ0n) is 17.0. The van der Waals surface area contributed by atoms with E-state index in [0.717, 1.165) is 28.2 Å². The lowest BCUT2D eigenvalue weighted by Gasteiger charge is -2.14. The molecule has 0 aliphatic rings. The second-order valence-corrected chi connectivity index (χ2v) is 8.61. The van der Waals surface area contributed by atoms with Crippen LogP contribution in [0.15, 0.2) is 42.5 Å². The number of nitrogens with one attached hydrogen (secondary N) is 1. The smallest absolute Gasteiger partial charge is 0.235 e. The van der Waals surface area contributed by atoms with Gasteiger partial charge >= 0.3 is 0 Å². The maximum Gasteiger partial charge on any atom is 0.235 e. The highest BCUT2D eigenvalue weighted by atomic mass is 32.2. The first-order valence-corrected chi connectivity index (χ1v) is 10.8. The highest BCUT2D eigenvalue weighted by Crippen LogP contribution is 2.19. The minimum Gasteiger partial charge on any atom is -0.497 e. The minimum absolute atomic E-state index is 0.196. The highest BCUT2D eigenvalue weighted by Gasteiger charge is 2.19. The fourth-order valence-corrected chi connectivity index (χ4v) is 3.58. The van der Waals surface area contributed by atoms with Crippen molar-refractivity contribution in [2.75, 3.05) is 26.0 Å². The Balaban J connectivity index is 1.72. The lowest BCUT2D eigenvalue weighted by atomic mass is 10.1. The number of carbonyl (C=O) groups is 1. The molecule has 0 aliphatic carbocycles. The van der Waals surface area contributed by atoms with Crippen molar-refractivity contribution in [1.29, 1.82) is 0 Å². The quantitative estimate of drug-likeness (QED) is 0.662. The van der Waals surface area contributed by atoms with E-state index in [-0.39, 0.29) is 5.91 Å². The third-order valence-electron chi connectivity index (χ3n) is 4.52. The maximum absolute atomic E-state index is 12.4. The van der Waals surface area contributed by atoms with E-state index in [1.165, 1.54) is 0 Å². The molecule has 0 fully saturated rings. The molecule has 0 unspecified atom stereocenters. The fraction of sp³-hybridized carbons (Fsp3) is 0.409. The van der Waals surface area contributed by atoms with Crippen LogP contribution in [0.2, 0.25) is 0 Å². The molecule has 0 aliphatic heterocycles. The van der Waals surface area contributed by atoms with E-state index in [4.69, 9.17) is 9.47 Å². The lowest BCUT2D eigenvalue weighted by molar-refractivity contribution is -0.120. The Morgan fingerprint density at radius 3 is 2.54 bits per heavy atom. The normalized spacial score (nSPS) is 12.9. The Hall–Kier alpha value is -2.34. The van der Waals surface area contributed by atoms with E-state index in [1.807, 2.05) is 56.3 Å². The number of carbonyl (C=O) groups excluding carboxylic acids is 1. The van der Waals surface area contributed by atoms with E-state index in [9.17, 15) is 9.00 Å². The van der Waals surface area contributed by atoms with Gasteiger partial charge in [0.15, 0.2) is 0 Å². The molecule has 0 radical (unpaired) electrons. The van der Waals surface area contributed by atoms with Crippen LogP contribution < -0.4 is 14.8 Å². The minimum atomic E-state index is -1.29. The molecule has 2 atom stereocenters. The molecule has 0 saturated carbocycles. The Labute approximate surface area is 169 Å². The van der Waals surface area contributed by atoms with Crippen LogP contribution in [0.4, 0.5) is 0 Å². The van der Waals surface area contributed by atoms with Gasteiger partial charge in [0.1, 0.15) is 16.7 Å². The first-order valence-electron chi connectivity index (χ1n) is 9.38. The average molecular weight is 404 g/mol. The summed E-state index contributed by atoms with van der Waals surface area (Å²) in [6.07, 6.45) is 0.713. The summed E-state index contributed by atoms with van der Waals surface area (Å²) >= 11 is 0. The third-order valence-corrected chi connectivity index (χ3v) is 6.09. The molecule has 152 valence electrons. The molecule has 2 aromatic carbocycles. The molecule has 0 saturated heterocycles. The van der Waals surface area contributed by atoms with Crippen LogP contribution in [0.1, 0.15) is 23.6 Å². The van der Waals surface area contributed by atoms with E-state index in [0.29, 0.717) is 25.3 Å². The molecular weight excluding hydrogens is 374 g/mol. The number of methoxy groups -OCH3 is 1. The van der Waals surface area contributed by atoms with Gasteiger partial charge in [0, 0.05) is 17.3 Å². The number of rotatable bonds is 10. The Morgan fingerprint density at radius 1 is 1.14 bits per heavy atom. The number of amides is 1. The van der Waals surface area contributed by atoms with Crippen LogP contribution in [-0.2, 0) is 22.0 Å². The molecule has 6 heteroatoms. The lowest BCUT2D eigenvalue weighted by Crippen LogP contribution is -2.37. The van der Waals surface area contributed by atoms with Crippen molar-refractivity contribution < 1.29 is 18.5 Å². The first-order chi connectivity index (χ1) is 13.4. The van der Waals surface area contributed by atoms with Gasteiger partial charge in [-0.25, -0.2) is 0 Å². The van der Waals surface area contributed by atoms with Gasteiger partial charge in [0.25, 0.3) is 0 Å². The largest absolute Gasteiger partial charge is 0.497 e. The molecule has 2 rings (SSSR count). The molecule has 1 amide bonds. The molecule has 0 spiro atoms. The first kappa shape index (κ1) is 22.0. The van der Waals surface area contributed by atoms with Gasteiger partial charge in [-0.3, -0.25) is 9.00 Å². The summed E-state index contributed by atoms with van der Waals surface area (Å²) in [6.45, 7) is 6.50. The summed E-state index contributed by atoms with van der Waals surface area (Å²) < 4.78 is 23.3. The summed E-state index contributed by atoms with van der Waals surface area (Å²) in [5.74, 6) is 1.73. The number of hydrogen-bond acceptors (Lipinski definition) is 4. The van der Waals surface area contributed by atoms with Crippen molar-refractivity contribution in [3.8, 4) is 11.5 Å². The van der Waals surface area contributed by atoms with E-state index in [2.05, 4.69) is 5.32 Å². The molecule has 2 aromatic rings. The molecule has 0 bridgehead atoms. The Kier molecular flexibility index (Phi) is 8.51. The molecule has 0 aromatic heterocycles. The van der Waals surface area contributed by atoms with Crippen LogP contribution in [0.3, 0.4) is 0 Å². The second kappa shape index (κ2) is 10.9. The zero-order valence-corrected chi connectivity index (χ0v) is 17.8. The second-order valence-electron chi connectivity index (χ2n) is 6.73. The SMILES string of the molecule is COc1ccc(CCNC(=O)[C@@H](C)[S@@](=O)CCOc2cc(C)ccc2C)cc1. The van der Waals surface area contributed by atoms with Crippen LogP contribution in [-0.4, -0.2) is 41.4 Å². The van der Waals surface area contributed by atoms with Crippen molar-refractivity contribution in [1.82, 2.24) is 5.32 Å². The Morgan fingerprint density at radius 2 is 1.86 bits per heavy atom. The summed E-state index contributed by atoms with van der Waals surface area (Å²) in [5, 5.41) is 2.29. The van der Waals surface area contributed by atoms with Crippen molar-refractivity contribution in [3.63, 3.8) is 0 Å². The summed E-state index contributed by atoms with van der Waals surface area (Å²) in [5.41, 5.74) is 3.27. The third kappa shape index (κ3) is 6.68. The molecule has 0 heterocycles. The number of aryl methyl sites for hydroxylation is 2. The molecule has 1 N–H and O–H groups in total. The van der Waals surface area contributed by atoms with Crippen LogP contribution in [0, 0.1) is 13.8 Å². The zero-order chi connectivity index (χ0) is 20.5. The molecule has 28 heavy (non-hydrogen) atoms. The van der Waals surface area contributed by atoms with Gasteiger partial charge in [0.2, 0.25) is 5.91 Å². The van der Waals surface area contributed by atoms with Gasteiger partial charge in [0.05, 0.1) is 19.5 Å². The summed E-state index contributed by atoms with van der Waals surface area (Å²) in [6, 6.07) is 13.7. The van der Waals surface area contributed by atoms with Crippen molar-refractivity contribution in [2.24, 2.45) is 0 Å². The molecule has 5 nitrogen and oxygen atoms in total. The van der Waals surface area contributed by atoms with Gasteiger partial charge in [-0.15, -0.1) is 0 Å². The Bertz CT molecular complexity index is 805. The van der Waals surface area contributed by atoms with Crippen LogP contribution in [0.5, 0.6) is 11.5 Å². The van der Waals surface area contributed by atoms with E-state index < -0.39 is 16.0 Å². The van der Waals surface area contributed by atoms with Crippen molar-refractivity contribution in [3.05, 3.63) is 59.2 Å². The fourth-order valence-electron chi connectivity index (χ4n) is 2.66. The standard InChI is InChI=1S/C22H29NO4S/c1-16-5-6-17(2)21(15-16)27-13-14-28(25)18(3)22(24)23-12-11-19-7-9-20(26-4)10-8-19/h5-10,15,18H,11-14H2,1-4H3,(H,23,24)/t18-,28+/m1/s1. The molecular formula is C22H29NO4S. The predicted octanol–water partition coefficient (Wildman–Crippen LogP) is 3.19. The predicted molar refractivity (Wildman–Crippen MR) is 114 cm³/mol. The number of benzene rings is 2.